The van der Waals surface area contributed by atoms with Gasteiger partial charge in [0, 0.05) is 13.1 Å². The molecule has 0 N–H and O–H groups in total. The number of hydrogen-bond donors (Lipinski definition) is 0. The van der Waals surface area contributed by atoms with Gasteiger partial charge in [0.15, 0.2) is 0 Å². The first kappa shape index (κ1) is 14.4. The lowest BCUT2D eigenvalue weighted by atomic mass is 10.2. The van der Waals surface area contributed by atoms with Gasteiger partial charge in [-0.15, -0.1) is 10.2 Å². The van der Waals surface area contributed by atoms with Crippen LogP contribution in [0.1, 0.15) is 18.4 Å². The minimum Gasteiger partial charge on any atom is -0.347 e. The number of hydrogen-bond acceptors (Lipinski definition) is 6. The molecule has 0 atom stereocenters. The largest absolute Gasteiger partial charge is 0.347 e. The molecule has 1 saturated heterocycles. The van der Waals surface area contributed by atoms with Crippen LogP contribution in [0.15, 0.2) is 28.6 Å². The van der Waals surface area contributed by atoms with Crippen LogP contribution in [0.4, 0.5) is 9.52 Å². The fourth-order valence-corrected chi connectivity index (χ4v) is 4.72. The van der Waals surface area contributed by atoms with E-state index in [1.807, 2.05) is 4.90 Å². The van der Waals surface area contributed by atoms with Gasteiger partial charge in [-0.25, -0.2) is 12.8 Å². The maximum absolute atomic E-state index is 13.1. The van der Waals surface area contributed by atoms with Crippen molar-refractivity contribution in [3.63, 3.8) is 0 Å². The van der Waals surface area contributed by atoms with Gasteiger partial charge in [0.2, 0.25) is 19.3 Å². The summed E-state index contributed by atoms with van der Waals surface area (Å²) in [6.07, 6.45) is 2.18. The van der Waals surface area contributed by atoms with E-state index in [9.17, 15) is 12.8 Å². The standard InChI is InChI=1S/C13H14FN3O2S2/c14-11-5-3-4-10(8-11)9-21(18,19)13-16-15-12(20-13)17-6-1-2-7-17/h3-5,8H,1-2,6-7,9H2. The highest BCUT2D eigenvalue weighted by atomic mass is 32.2. The number of halogens is 1. The van der Waals surface area contributed by atoms with Gasteiger partial charge in [-0.2, -0.15) is 0 Å². The van der Waals surface area contributed by atoms with Crippen LogP contribution >= 0.6 is 11.3 Å². The van der Waals surface area contributed by atoms with Gasteiger partial charge in [0.05, 0.1) is 5.75 Å². The van der Waals surface area contributed by atoms with Crippen LogP contribution in [0.3, 0.4) is 0 Å². The van der Waals surface area contributed by atoms with Gasteiger partial charge in [0.1, 0.15) is 5.82 Å². The zero-order valence-corrected chi connectivity index (χ0v) is 12.8. The number of aromatic nitrogens is 2. The first-order valence-electron chi connectivity index (χ1n) is 6.60. The fraction of sp³-hybridized carbons (Fsp3) is 0.385. The quantitative estimate of drug-likeness (QED) is 0.862. The van der Waals surface area contributed by atoms with Gasteiger partial charge in [0.25, 0.3) is 0 Å². The molecule has 2 aromatic rings. The van der Waals surface area contributed by atoms with E-state index in [0.717, 1.165) is 37.3 Å². The third-order valence-corrected chi connectivity index (χ3v) is 6.40. The lowest BCUT2D eigenvalue weighted by molar-refractivity contribution is 0.592. The molecule has 0 amide bonds. The molecule has 1 aliphatic rings. The van der Waals surface area contributed by atoms with E-state index in [0.29, 0.717) is 10.7 Å². The summed E-state index contributed by atoms with van der Waals surface area (Å²) in [5.41, 5.74) is 0.410. The molecule has 5 nitrogen and oxygen atoms in total. The Morgan fingerprint density at radius 1 is 1.24 bits per heavy atom. The molecule has 3 rings (SSSR count). The Morgan fingerprint density at radius 3 is 2.71 bits per heavy atom. The Bertz CT molecular complexity index is 739. The van der Waals surface area contributed by atoms with Crippen molar-refractivity contribution in [2.75, 3.05) is 18.0 Å². The molecular weight excluding hydrogens is 313 g/mol. The maximum Gasteiger partial charge on any atom is 0.234 e. The van der Waals surface area contributed by atoms with E-state index in [1.54, 1.807) is 6.07 Å². The van der Waals surface area contributed by atoms with Crippen LogP contribution in [0.2, 0.25) is 0 Å². The number of anilines is 1. The van der Waals surface area contributed by atoms with Crippen molar-refractivity contribution in [1.82, 2.24) is 10.2 Å². The molecule has 21 heavy (non-hydrogen) atoms. The van der Waals surface area contributed by atoms with Crippen LogP contribution in [0.5, 0.6) is 0 Å². The van der Waals surface area contributed by atoms with Gasteiger partial charge in [-0.05, 0) is 30.5 Å². The Labute approximate surface area is 126 Å². The van der Waals surface area contributed by atoms with Gasteiger partial charge >= 0.3 is 0 Å². The van der Waals surface area contributed by atoms with Crippen molar-refractivity contribution in [2.45, 2.75) is 22.9 Å². The summed E-state index contributed by atoms with van der Waals surface area (Å²) in [6, 6.07) is 5.59. The second kappa shape index (κ2) is 5.69. The average Bonchev–Trinajstić information content (AvgIpc) is 3.10. The van der Waals surface area contributed by atoms with E-state index >= 15 is 0 Å². The first-order valence-corrected chi connectivity index (χ1v) is 9.07. The predicted octanol–water partition coefficient (Wildman–Crippen LogP) is 2.25. The summed E-state index contributed by atoms with van der Waals surface area (Å²) in [5, 5.41) is 8.40. The molecule has 1 aromatic heterocycles. The van der Waals surface area contributed by atoms with E-state index < -0.39 is 15.7 Å². The van der Waals surface area contributed by atoms with Gasteiger partial charge < -0.3 is 4.90 Å². The highest BCUT2D eigenvalue weighted by Gasteiger charge is 2.24. The molecule has 0 spiro atoms. The van der Waals surface area contributed by atoms with Gasteiger partial charge in [-0.3, -0.25) is 0 Å². The number of rotatable bonds is 4. The highest BCUT2D eigenvalue weighted by molar-refractivity contribution is 7.92. The van der Waals surface area contributed by atoms with Gasteiger partial charge in [-0.1, -0.05) is 23.5 Å². The summed E-state index contributed by atoms with van der Waals surface area (Å²) in [6.45, 7) is 1.77. The minimum atomic E-state index is -3.59. The maximum atomic E-state index is 13.1. The van der Waals surface area contributed by atoms with E-state index in [-0.39, 0.29) is 10.1 Å². The molecule has 112 valence electrons. The van der Waals surface area contributed by atoms with Crippen LogP contribution in [0.25, 0.3) is 0 Å². The zero-order valence-electron chi connectivity index (χ0n) is 11.2. The molecule has 2 heterocycles. The van der Waals surface area contributed by atoms with E-state index in [1.165, 1.54) is 18.2 Å². The van der Waals surface area contributed by atoms with Crippen molar-refractivity contribution >= 4 is 26.3 Å². The Kier molecular flexibility index (Phi) is 3.90. The number of sulfone groups is 1. The Morgan fingerprint density at radius 2 is 2.00 bits per heavy atom. The number of nitrogens with zero attached hydrogens (tertiary/aromatic N) is 3. The van der Waals surface area contributed by atoms with Crippen molar-refractivity contribution in [2.24, 2.45) is 0 Å². The molecule has 1 fully saturated rings. The molecule has 0 bridgehead atoms. The predicted molar refractivity (Wildman–Crippen MR) is 78.6 cm³/mol. The third-order valence-electron chi connectivity index (χ3n) is 3.28. The monoisotopic (exact) mass is 327 g/mol. The summed E-state index contributed by atoms with van der Waals surface area (Å²) in [5.74, 6) is -0.711. The summed E-state index contributed by atoms with van der Waals surface area (Å²) in [7, 11) is -3.59. The van der Waals surface area contributed by atoms with Crippen molar-refractivity contribution in [3.05, 3.63) is 35.6 Å². The summed E-state index contributed by atoms with van der Waals surface area (Å²) < 4.78 is 37.7. The second-order valence-electron chi connectivity index (χ2n) is 4.93. The first-order chi connectivity index (χ1) is 10.0. The summed E-state index contributed by atoms with van der Waals surface area (Å²) >= 11 is 1.08. The molecular formula is C13H14FN3O2S2. The minimum absolute atomic E-state index is 0.00587. The highest BCUT2D eigenvalue weighted by Crippen LogP contribution is 2.28. The van der Waals surface area contributed by atoms with Crippen LogP contribution in [-0.2, 0) is 15.6 Å². The third kappa shape index (κ3) is 3.21. The van der Waals surface area contributed by atoms with Crippen LogP contribution < -0.4 is 4.90 Å². The average molecular weight is 327 g/mol. The SMILES string of the molecule is O=S(=O)(Cc1cccc(F)c1)c1nnc(N2CCCC2)s1. The lowest BCUT2D eigenvalue weighted by Gasteiger charge is -2.10. The second-order valence-corrected chi connectivity index (χ2v) is 8.05. The summed E-state index contributed by atoms with van der Waals surface area (Å²) in [4.78, 5) is 2.04. The topological polar surface area (TPSA) is 63.2 Å². The van der Waals surface area contributed by atoms with Crippen LogP contribution in [0, 0.1) is 5.82 Å². The molecule has 0 radical (unpaired) electrons. The van der Waals surface area contributed by atoms with Crippen LogP contribution in [-0.4, -0.2) is 31.7 Å². The number of benzene rings is 1. The lowest BCUT2D eigenvalue weighted by Crippen LogP contribution is -2.17. The van der Waals surface area contributed by atoms with Crippen molar-refractivity contribution in [3.8, 4) is 0 Å². The zero-order chi connectivity index (χ0) is 14.9. The van der Waals surface area contributed by atoms with E-state index in [4.69, 9.17) is 0 Å². The normalized spacial score (nSPS) is 15.6. The Hall–Kier alpha value is -1.54. The Balaban J connectivity index is 1.81. The molecule has 8 heteroatoms. The fourth-order valence-electron chi connectivity index (χ4n) is 2.27. The van der Waals surface area contributed by atoms with Crippen molar-refractivity contribution in [1.29, 1.82) is 0 Å². The molecule has 1 aliphatic heterocycles. The molecule has 0 aliphatic carbocycles. The molecule has 1 aromatic carbocycles. The molecule has 0 unspecified atom stereocenters. The van der Waals surface area contributed by atoms with Crippen molar-refractivity contribution < 1.29 is 12.8 Å². The van der Waals surface area contributed by atoms with E-state index in [2.05, 4.69) is 10.2 Å². The smallest absolute Gasteiger partial charge is 0.234 e. The molecule has 0 saturated carbocycles.